The maximum atomic E-state index is 4.92. The SMILES string of the molecule is CCCN(CCC)c1ccc(C)c2nc(Nc3ccc(C)cc3C)sc12. The van der Waals surface area contributed by atoms with Crippen LogP contribution in [0.3, 0.4) is 0 Å². The molecule has 2 aromatic carbocycles. The summed E-state index contributed by atoms with van der Waals surface area (Å²) in [4.78, 5) is 7.42. The van der Waals surface area contributed by atoms with Gasteiger partial charge in [0.2, 0.25) is 0 Å². The fourth-order valence-corrected chi connectivity index (χ4v) is 4.48. The van der Waals surface area contributed by atoms with Crippen LogP contribution in [0.25, 0.3) is 10.2 Å². The van der Waals surface area contributed by atoms with Gasteiger partial charge >= 0.3 is 0 Å². The Balaban J connectivity index is 2.01. The Morgan fingerprint density at radius 1 is 0.962 bits per heavy atom. The summed E-state index contributed by atoms with van der Waals surface area (Å²) in [6, 6.07) is 11.0. The summed E-state index contributed by atoms with van der Waals surface area (Å²) in [7, 11) is 0. The van der Waals surface area contributed by atoms with Crippen LogP contribution in [-0.2, 0) is 0 Å². The minimum atomic E-state index is 0.968. The molecule has 1 heterocycles. The predicted molar refractivity (Wildman–Crippen MR) is 116 cm³/mol. The molecule has 3 rings (SSSR count). The summed E-state index contributed by atoms with van der Waals surface area (Å²) in [5.74, 6) is 0. The zero-order valence-electron chi connectivity index (χ0n) is 16.5. The van der Waals surface area contributed by atoms with Gasteiger partial charge in [-0.25, -0.2) is 4.98 Å². The lowest BCUT2D eigenvalue weighted by molar-refractivity contribution is 0.748. The molecular weight excluding hydrogens is 338 g/mol. The first kappa shape index (κ1) is 18.7. The maximum Gasteiger partial charge on any atom is 0.188 e. The van der Waals surface area contributed by atoms with Gasteiger partial charge in [0.05, 0.1) is 15.9 Å². The van der Waals surface area contributed by atoms with Crippen molar-refractivity contribution in [3.8, 4) is 0 Å². The average molecular weight is 368 g/mol. The number of hydrogen-bond donors (Lipinski definition) is 1. The third-order valence-electron chi connectivity index (χ3n) is 4.68. The summed E-state index contributed by atoms with van der Waals surface area (Å²) in [5, 5.41) is 4.50. The molecule has 0 aliphatic heterocycles. The highest BCUT2D eigenvalue weighted by molar-refractivity contribution is 7.22. The zero-order chi connectivity index (χ0) is 18.7. The van der Waals surface area contributed by atoms with Gasteiger partial charge in [0.1, 0.15) is 0 Å². The van der Waals surface area contributed by atoms with Crippen LogP contribution in [0, 0.1) is 20.8 Å². The molecule has 0 unspecified atom stereocenters. The minimum absolute atomic E-state index is 0.968. The monoisotopic (exact) mass is 367 g/mol. The molecular formula is C22H29N3S. The smallest absolute Gasteiger partial charge is 0.188 e. The topological polar surface area (TPSA) is 28.2 Å². The first-order chi connectivity index (χ1) is 12.5. The summed E-state index contributed by atoms with van der Waals surface area (Å²) < 4.78 is 1.29. The third kappa shape index (κ3) is 3.85. The Kier molecular flexibility index (Phi) is 5.82. The first-order valence-corrected chi connectivity index (χ1v) is 10.3. The molecule has 0 saturated carbocycles. The van der Waals surface area contributed by atoms with E-state index in [2.05, 4.69) is 75.2 Å². The van der Waals surface area contributed by atoms with Gasteiger partial charge in [-0.3, -0.25) is 0 Å². The van der Waals surface area contributed by atoms with E-state index in [-0.39, 0.29) is 0 Å². The number of rotatable bonds is 7. The second-order valence-corrected chi connectivity index (χ2v) is 8.03. The van der Waals surface area contributed by atoms with Gasteiger partial charge in [0.15, 0.2) is 5.13 Å². The summed E-state index contributed by atoms with van der Waals surface area (Å²) in [6.45, 7) is 13.1. The van der Waals surface area contributed by atoms with E-state index in [0.717, 1.165) is 42.3 Å². The number of nitrogens with zero attached hydrogens (tertiary/aromatic N) is 2. The predicted octanol–water partition coefficient (Wildman–Crippen LogP) is 6.59. The van der Waals surface area contributed by atoms with Crippen molar-refractivity contribution in [1.82, 2.24) is 4.98 Å². The van der Waals surface area contributed by atoms with E-state index in [4.69, 9.17) is 4.98 Å². The molecule has 0 aliphatic rings. The van der Waals surface area contributed by atoms with Crippen LogP contribution in [0.1, 0.15) is 43.4 Å². The molecule has 0 amide bonds. The normalized spacial score (nSPS) is 11.1. The standard InChI is InChI=1S/C22H29N3S/c1-6-12-25(13-7-2)19-11-9-16(4)20-21(19)26-22(24-20)23-18-10-8-15(3)14-17(18)5/h8-11,14H,6-7,12-13H2,1-5H3,(H,23,24). The number of aromatic nitrogens is 1. The van der Waals surface area contributed by atoms with E-state index in [1.165, 1.54) is 27.1 Å². The highest BCUT2D eigenvalue weighted by Gasteiger charge is 2.15. The van der Waals surface area contributed by atoms with Crippen molar-refractivity contribution in [2.24, 2.45) is 0 Å². The quantitative estimate of drug-likeness (QED) is 0.510. The van der Waals surface area contributed by atoms with Crippen LogP contribution in [-0.4, -0.2) is 18.1 Å². The van der Waals surface area contributed by atoms with Crippen molar-refractivity contribution in [2.75, 3.05) is 23.3 Å². The van der Waals surface area contributed by atoms with Crippen LogP contribution in [0.2, 0.25) is 0 Å². The van der Waals surface area contributed by atoms with Crippen molar-refractivity contribution in [1.29, 1.82) is 0 Å². The van der Waals surface area contributed by atoms with Crippen molar-refractivity contribution in [3.63, 3.8) is 0 Å². The maximum absolute atomic E-state index is 4.92. The number of nitrogens with one attached hydrogen (secondary N) is 1. The van der Waals surface area contributed by atoms with Gasteiger partial charge in [-0.05, 0) is 56.9 Å². The van der Waals surface area contributed by atoms with Crippen LogP contribution in [0.5, 0.6) is 0 Å². The van der Waals surface area contributed by atoms with E-state index < -0.39 is 0 Å². The highest BCUT2D eigenvalue weighted by Crippen LogP contribution is 2.37. The van der Waals surface area contributed by atoms with Crippen molar-refractivity contribution in [2.45, 2.75) is 47.5 Å². The lowest BCUT2D eigenvalue weighted by atomic mass is 10.1. The van der Waals surface area contributed by atoms with E-state index in [1.54, 1.807) is 11.3 Å². The number of benzene rings is 2. The number of thiazole rings is 1. The van der Waals surface area contributed by atoms with Crippen LogP contribution < -0.4 is 10.2 Å². The molecule has 0 spiro atoms. The Bertz CT molecular complexity index is 892. The average Bonchev–Trinajstić information content (AvgIpc) is 3.02. The molecule has 1 N–H and O–H groups in total. The molecule has 3 aromatic rings. The van der Waals surface area contributed by atoms with Gasteiger partial charge in [0, 0.05) is 18.8 Å². The first-order valence-electron chi connectivity index (χ1n) is 9.52. The van der Waals surface area contributed by atoms with Gasteiger partial charge in [-0.2, -0.15) is 0 Å². The minimum Gasteiger partial charge on any atom is -0.370 e. The number of aryl methyl sites for hydroxylation is 3. The summed E-state index contributed by atoms with van der Waals surface area (Å²) in [5.41, 5.74) is 7.34. The number of hydrogen-bond acceptors (Lipinski definition) is 4. The van der Waals surface area contributed by atoms with Crippen LogP contribution in [0.4, 0.5) is 16.5 Å². The Hall–Kier alpha value is -2.07. The molecule has 0 aliphatic carbocycles. The Morgan fingerprint density at radius 3 is 2.35 bits per heavy atom. The molecule has 0 radical (unpaired) electrons. The Labute approximate surface area is 161 Å². The van der Waals surface area contributed by atoms with Crippen LogP contribution in [0.15, 0.2) is 30.3 Å². The fourth-order valence-electron chi connectivity index (χ4n) is 3.38. The fraction of sp³-hybridized carbons (Fsp3) is 0.409. The van der Waals surface area contributed by atoms with E-state index in [9.17, 15) is 0 Å². The van der Waals surface area contributed by atoms with E-state index >= 15 is 0 Å². The van der Waals surface area contributed by atoms with Gasteiger partial charge in [-0.1, -0.05) is 48.9 Å². The summed E-state index contributed by atoms with van der Waals surface area (Å²) in [6.07, 6.45) is 2.31. The van der Waals surface area contributed by atoms with Crippen molar-refractivity contribution >= 4 is 38.1 Å². The number of anilines is 3. The lowest BCUT2D eigenvalue weighted by Gasteiger charge is -2.24. The largest absolute Gasteiger partial charge is 0.370 e. The molecule has 26 heavy (non-hydrogen) atoms. The molecule has 1 aromatic heterocycles. The second kappa shape index (κ2) is 8.09. The molecule has 0 bridgehead atoms. The van der Waals surface area contributed by atoms with E-state index in [0.29, 0.717) is 0 Å². The Morgan fingerprint density at radius 2 is 1.69 bits per heavy atom. The second-order valence-electron chi connectivity index (χ2n) is 7.03. The molecule has 3 nitrogen and oxygen atoms in total. The number of fused-ring (bicyclic) bond motifs is 1. The molecule has 4 heteroatoms. The summed E-state index contributed by atoms with van der Waals surface area (Å²) >= 11 is 1.76. The van der Waals surface area contributed by atoms with Gasteiger partial charge < -0.3 is 10.2 Å². The molecule has 138 valence electrons. The highest BCUT2D eigenvalue weighted by atomic mass is 32.1. The van der Waals surface area contributed by atoms with E-state index in [1.807, 2.05) is 0 Å². The third-order valence-corrected chi connectivity index (χ3v) is 5.67. The van der Waals surface area contributed by atoms with Crippen LogP contribution >= 0.6 is 11.3 Å². The van der Waals surface area contributed by atoms with Crippen molar-refractivity contribution in [3.05, 3.63) is 47.0 Å². The molecule has 0 saturated heterocycles. The van der Waals surface area contributed by atoms with Gasteiger partial charge in [0.25, 0.3) is 0 Å². The molecule has 0 atom stereocenters. The zero-order valence-corrected chi connectivity index (χ0v) is 17.3. The van der Waals surface area contributed by atoms with Crippen molar-refractivity contribution < 1.29 is 0 Å². The molecule has 0 fully saturated rings. The van der Waals surface area contributed by atoms with Gasteiger partial charge in [-0.15, -0.1) is 0 Å². The lowest BCUT2D eigenvalue weighted by Crippen LogP contribution is -2.24.